The minimum absolute atomic E-state index is 0.0585. The zero-order valence-corrected chi connectivity index (χ0v) is 15.4. The number of sulfonamides is 1. The van der Waals surface area contributed by atoms with Crippen LogP contribution in [0, 0.1) is 0 Å². The van der Waals surface area contributed by atoms with Gasteiger partial charge in [0.15, 0.2) is 0 Å². The summed E-state index contributed by atoms with van der Waals surface area (Å²) in [4.78, 5) is 21.5. The highest BCUT2D eigenvalue weighted by Crippen LogP contribution is 2.17. The zero-order chi connectivity index (χ0) is 17.3. The third-order valence-electron chi connectivity index (χ3n) is 4.15. The van der Waals surface area contributed by atoms with Crippen LogP contribution in [0.5, 0.6) is 0 Å². The first-order valence-electron chi connectivity index (χ1n) is 7.93. The molecule has 0 aliphatic carbocycles. The molecular weight excluding hydrogens is 348 g/mol. The Morgan fingerprint density at radius 2 is 2.12 bits per heavy atom. The van der Waals surface area contributed by atoms with Crippen molar-refractivity contribution in [1.29, 1.82) is 0 Å². The molecular formula is C15H20N4O3S2. The first-order valence-corrected chi connectivity index (χ1v) is 10.4. The molecule has 0 N–H and O–H groups in total. The molecule has 24 heavy (non-hydrogen) atoms. The Kier molecular flexibility index (Phi) is 4.84. The first kappa shape index (κ1) is 17.2. The van der Waals surface area contributed by atoms with Gasteiger partial charge in [0.25, 0.3) is 5.56 Å². The highest BCUT2D eigenvalue weighted by Gasteiger charge is 2.28. The molecule has 1 aliphatic rings. The lowest BCUT2D eigenvalue weighted by molar-refractivity contribution is 0.382. The summed E-state index contributed by atoms with van der Waals surface area (Å²) in [6.45, 7) is 4.58. The van der Waals surface area contributed by atoms with E-state index >= 15 is 0 Å². The molecule has 3 rings (SSSR count). The molecule has 0 fully saturated rings. The molecule has 0 bridgehead atoms. The van der Waals surface area contributed by atoms with Crippen molar-refractivity contribution in [3.8, 4) is 0 Å². The fourth-order valence-corrected chi connectivity index (χ4v) is 4.52. The summed E-state index contributed by atoms with van der Waals surface area (Å²) < 4.78 is 26.9. The van der Waals surface area contributed by atoms with E-state index in [0.717, 1.165) is 17.1 Å². The van der Waals surface area contributed by atoms with Gasteiger partial charge in [-0.3, -0.25) is 9.36 Å². The van der Waals surface area contributed by atoms with Gasteiger partial charge in [-0.05, 0) is 19.8 Å². The third kappa shape index (κ3) is 3.28. The highest BCUT2D eigenvalue weighted by atomic mass is 32.2. The molecule has 2 aromatic rings. The van der Waals surface area contributed by atoms with E-state index in [1.165, 1.54) is 10.6 Å². The standard InChI is InChI=1S/C15H20N4O3S2/c1-3-14-17-11(9-23-14)7-18-10-16-13-8-19(24(21,22)4-2)6-5-12(13)15(18)20/h9-10H,3-8H2,1-2H3. The predicted octanol–water partition coefficient (Wildman–Crippen LogP) is 1.02. The van der Waals surface area contributed by atoms with Crippen LogP contribution in [-0.4, -0.2) is 39.6 Å². The molecule has 0 saturated carbocycles. The Morgan fingerprint density at radius 3 is 2.79 bits per heavy atom. The lowest BCUT2D eigenvalue weighted by Gasteiger charge is -2.26. The molecule has 7 nitrogen and oxygen atoms in total. The minimum atomic E-state index is -3.26. The Hall–Kier alpha value is -1.58. The molecule has 3 heterocycles. The molecule has 9 heteroatoms. The van der Waals surface area contributed by atoms with Crippen LogP contribution in [0.15, 0.2) is 16.5 Å². The number of fused-ring (bicyclic) bond motifs is 1. The monoisotopic (exact) mass is 368 g/mol. The highest BCUT2D eigenvalue weighted by molar-refractivity contribution is 7.89. The van der Waals surface area contributed by atoms with E-state index in [2.05, 4.69) is 9.97 Å². The Bertz CT molecular complexity index is 902. The van der Waals surface area contributed by atoms with E-state index in [9.17, 15) is 13.2 Å². The zero-order valence-electron chi connectivity index (χ0n) is 13.7. The van der Waals surface area contributed by atoms with Crippen LogP contribution in [-0.2, 0) is 36.0 Å². The van der Waals surface area contributed by atoms with Gasteiger partial charge in [-0.1, -0.05) is 6.92 Å². The van der Waals surface area contributed by atoms with Gasteiger partial charge in [-0.25, -0.2) is 18.4 Å². The number of thiazole rings is 1. The van der Waals surface area contributed by atoms with E-state index in [4.69, 9.17) is 0 Å². The van der Waals surface area contributed by atoms with Crippen molar-refractivity contribution in [3.05, 3.63) is 44.0 Å². The van der Waals surface area contributed by atoms with Crippen LogP contribution in [0.4, 0.5) is 0 Å². The average molecular weight is 368 g/mol. The Balaban J connectivity index is 1.86. The van der Waals surface area contributed by atoms with E-state index in [0.29, 0.717) is 30.8 Å². The molecule has 0 unspecified atom stereocenters. The quantitative estimate of drug-likeness (QED) is 0.786. The van der Waals surface area contributed by atoms with Crippen molar-refractivity contribution in [3.63, 3.8) is 0 Å². The molecule has 0 atom stereocenters. The number of hydrogen-bond donors (Lipinski definition) is 0. The maximum atomic E-state index is 12.7. The molecule has 0 radical (unpaired) electrons. The Labute approximate surface area is 145 Å². The van der Waals surface area contributed by atoms with Gasteiger partial charge in [0.05, 0.1) is 41.6 Å². The van der Waals surface area contributed by atoms with Crippen molar-refractivity contribution in [2.45, 2.75) is 39.8 Å². The molecule has 0 saturated heterocycles. The summed E-state index contributed by atoms with van der Waals surface area (Å²) in [7, 11) is -3.26. The van der Waals surface area contributed by atoms with Crippen LogP contribution < -0.4 is 5.56 Å². The summed E-state index contributed by atoms with van der Waals surface area (Å²) in [5, 5.41) is 3.00. The van der Waals surface area contributed by atoms with E-state index in [1.807, 2.05) is 12.3 Å². The fourth-order valence-electron chi connectivity index (χ4n) is 2.73. The second-order valence-corrected chi connectivity index (χ2v) is 8.87. The van der Waals surface area contributed by atoms with Gasteiger partial charge < -0.3 is 0 Å². The summed E-state index contributed by atoms with van der Waals surface area (Å²) in [6, 6.07) is 0. The normalized spacial score (nSPS) is 15.4. The van der Waals surface area contributed by atoms with Crippen molar-refractivity contribution in [2.24, 2.45) is 0 Å². The smallest absolute Gasteiger partial charge is 0.257 e. The van der Waals surface area contributed by atoms with Gasteiger partial charge in [0, 0.05) is 17.5 Å². The number of aryl methyl sites for hydroxylation is 1. The maximum absolute atomic E-state index is 12.7. The average Bonchev–Trinajstić information content (AvgIpc) is 3.05. The van der Waals surface area contributed by atoms with E-state index in [-0.39, 0.29) is 17.9 Å². The van der Waals surface area contributed by atoms with E-state index in [1.54, 1.807) is 22.8 Å². The second kappa shape index (κ2) is 6.73. The molecule has 1 aliphatic heterocycles. The number of hydrogen-bond acceptors (Lipinski definition) is 6. The summed E-state index contributed by atoms with van der Waals surface area (Å²) in [5.74, 6) is 0.0585. The largest absolute Gasteiger partial charge is 0.293 e. The van der Waals surface area contributed by atoms with Crippen LogP contribution in [0.25, 0.3) is 0 Å². The summed E-state index contributed by atoms with van der Waals surface area (Å²) >= 11 is 1.59. The van der Waals surface area contributed by atoms with Gasteiger partial charge >= 0.3 is 0 Å². The maximum Gasteiger partial charge on any atom is 0.257 e. The lowest BCUT2D eigenvalue weighted by atomic mass is 10.1. The van der Waals surface area contributed by atoms with Gasteiger partial charge in [-0.2, -0.15) is 4.31 Å². The van der Waals surface area contributed by atoms with Crippen molar-refractivity contribution in [1.82, 2.24) is 18.8 Å². The minimum Gasteiger partial charge on any atom is -0.293 e. The predicted molar refractivity (Wildman–Crippen MR) is 92.7 cm³/mol. The van der Waals surface area contributed by atoms with Crippen LogP contribution in [0.1, 0.15) is 35.8 Å². The van der Waals surface area contributed by atoms with Crippen molar-refractivity contribution < 1.29 is 8.42 Å². The van der Waals surface area contributed by atoms with Crippen LogP contribution in [0.2, 0.25) is 0 Å². The third-order valence-corrected chi connectivity index (χ3v) is 7.02. The van der Waals surface area contributed by atoms with Crippen LogP contribution >= 0.6 is 11.3 Å². The molecule has 0 aromatic carbocycles. The van der Waals surface area contributed by atoms with Crippen LogP contribution in [0.3, 0.4) is 0 Å². The number of rotatable bonds is 5. The van der Waals surface area contributed by atoms with Crippen molar-refractivity contribution >= 4 is 21.4 Å². The molecule has 130 valence electrons. The van der Waals surface area contributed by atoms with Gasteiger partial charge in [-0.15, -0.1) is 11.3 Å². The number of nitrogens with zero attached hydrogens (tertiary/aromatic N) is 4. The second-order valence-electron chi connectivity index (χ2n) is 5.67. The topological polar surface area (TPSA) is 85.2 Å². The van der Waals surface area contributed by atoms with Gasteiger partial charge in [0.1, 0.15) is 0 Å². The SMILES string of the molecule is CCc1nc(Cn2cnc3c(c2=O)CCN(S(=O)(=O)CC)C3)cs1. The lowest BCUT2D eigenvalue weighted by Crippen LogP contribution is -2.41. The summed E-state index contributed by atoms with van der Waals surface area (Å²) in [5.41, 5.74) is 1.93. The molecule has 2 aromatic heterocycles. The number of aromatic nitrogens is 3. The van der Waals surface area contributed by atoms with Crippen molar-refractivity contribution in [2.75, 3.05) is 12.3 Å². The van der Waals surface area contributed by atoms with E-state index < -0.39 is 10.0 Å². The molecule has 0 spiro atoms. The fraction of sp³-hybridized carbons (Fsp3) is 0.533. The van der Waals surface area contributed by atoms with Gasteiger partial charge in [0.2, 0.25) is 10.0 Å². The first-order chi connectivity index (χ1) is 11.4. The summed E-state index contributed by atoms with van der Waals surface area (Å²) in [6.07, 6.45) is 2.77. The Morgan fingerprint density at radius 1 is 1.33 bits per heavy atom. The molecule has 0 amide bonds.